The molecule has 3 N–H and O–H groups in total. The first kappa shape index (κ1) is 15.8. The zero-order chi connectivity index (χ0) is 16.7. The zero-order valence-electron chi connectivity index (χ0n) is 13.1. The highest BCUT2D eigenvalue weighted by Gasteiger charge is 2.44. The van der Waals surface area contributed by atoms with Gasteiger partial charge in [-0.05, 0) is 24.3 Å². The molecule has 0 radical (unpaired) electrons. The van der Waals surface area contributed by atoms with Crippen LogP contribution in [-0.4, -0.2) is 35.5 Å². The van der Waals surface area contributed by atoms with Crippen molar-refractivity contribution in [2.24, 2.45) is 10.7 Å². The van der Waals surface area contributed by atoms with E-state index in [2.05, 4.69) is 9.89 Å². The number of amidine groups is 1. The summed E-state index contributed by atoms with van der Waals surface area (Å²) in [5.74, 6) is 2.36. The van der Waals surface area contributed by atoms with Crippen LogP contribution in [0.15, 0.2) is 47.5 Å². The maximum absolute atomic E-state index is 11.6. The Morgan fingerprint density at radius 2 is 1.88 bits per heavy atom. The molecule has 0 spiro atoms. The number of halogens is 1. The molecule has 4 rings (SSSR count). The third kappa shape index (κ3) is 2.39. The average Bonchev–Trinajstić information content (AvgIpc) is 2.87. The predicted molar refractivity (Wildman–Crippen MR) is 102 cm³/mol. The summed E-state index contributed by atoms with van der Waals surface area (Å²) in [6, 6.07) is 13.2. The molecule has 0 aliphatic carbocycles. The quantitative estimate of drug-likeness (QED) is 0.864. The molecule has 1 atom stereocenters. The van der Waals surface area contributed by atoms with Gasteiger partial charge in [-0.3, -0.25) is 0 Å². The molecule has 2 aliphatic rings. The van der Waals surface area contributed by atoms with E-state index in [1.54, 1.807) is 18.2 Å². The molecule has 2 aliphatic heterocycles. The summed E-state index contributed by atoms with van der Waals surface area (Å²) < 4.78 is 0. The summed E-state index contributed by atoms with van der Waals surface area (Å²) in [5, 5.41) is 12.1. The van der Waals surface area contributed by atoms with Gasteiger partial charge in [-0.1, -0.05) is 29.8 Å². The van der Waals surface area contributed by atoms with Crippen molar-refractivity contribution in [1.29, 1.82) is 0 Å². The monoisotopic (exact) mass is 359 g/mol. The van der Waals surface area contributed by atoms with Gasteiger partial charge in [0.15, 0.2) is 5.60 Å². The van der Waals surface area contributed by atoms with Gasteiger partial charge in [-0.2, -0.15) is 11.8 Å². The lowest BCUT2D eigenvalue weighted by Gasteiger charge is -2.34. The normalized spacial score (nSPS) is 23.1. The molecule has 24 heavy (non-hydrogen) atoms. The van der Waals surface area contributed by atoms with E-state index in [9.17, 15) is 5.11 Å². The summed E-state index contributed by atoms with van der Waals surface area (Å²) >= 11 is 8.11. The third-order valence-electron chi connectivity index (χ3n) is 4.61. The van der Waals surface area contributed by atoms with E-state index >= 15 is 0 Å². The highest BCUT2D eigenvalue weighted by atomic mass is 35.5. The molecule has 2 aromatic rings. The second kappa shape index (κ2) is 5.99. The molecular weight excluding hydrogens is 342 g/mol. The van der Waals surface area contributed by atoms with Crippen molar-refractivity contribution in [3.63, 3.8) is 0 Å². The van der Waals surface area contributed by atoms with Crippen LogP contribution < -0.4 is 10.6 Å². The number of anilines is 1. The molecule has 1 saturated heterocycles. The average molecular weight is 360 g/mol. The maximum Gasteiger partial charge on any atom is 0.176 e. The first-order valence-corrected chi connectivity index (χ1v) is 9.43. The maximum atomic E-state index is 11.6. The minimum absolute atomic E-state index is 0.193. The molecule has 2 aromatic carbocycles. The van der Waals surface area contributed by atoms with Crippen LogP contribution in [0.4, 0.5) is 11.4 Å². The van der Waals surface area contributed by atoms with Crippen LogP contribution in [0.1, 0.15) is 11.1 Å². The molecule has 0 bridgehead atoms. The number of hydrogen-bond acceptors (Lipinski definition) is 5. The van der Waals surface area contributed by atoms with Crippen molar-refractivity contribution < 1.29 is 5.11 Å². The summed E-state index contributed by atoms with van der Waals surface area (Å²) in [4.78, 5) is 6.68. The number of nitrogens with zero attached hydrogens (tertiary/aromatic N) is 2. The van der Waals surface area contributed by atoms with Gasteiger partial charge >= 0.3 is 0 Å². The van der Waals surface area contributed by atoms with Gasteiger partial charge in [0.1, 0.15) is 5.84 Å². The first-order chi connectivity index (χ1) is 11.6. The van der Waals surface area contributed by atoms with Crippen LogP contribution >= 0.6 is 23.4 Å². The summed E-state index contributed by atoms with van der Waals surface area (Å²) in [7, 11) is 0. The number of aliphatic hydroxyl groups is 1. The van der Waals surface area contributed by atoms with Gasteiger partial charge in [0.25, 0.3) is 0 Å². The van der Waals surface area contributed by atoms with E-state index in [4.69, 9.17) is 17.3 Å². The lowest BCUT2D eigenvalue weighted by Crippen LogP contribution is -2.42. The van der Waals surface area contributed by atoms with Gasteiger partial charge in [-0.25, -0.2) is 4.99 Å². The molecule has 124 valence electrons. The van der Waals surface area contributed by atoms with Crippen molar-refractivity contribution in [3.05, 3.63) is 58.6 Å². The number of para-hydroxylation sites is 1. The molecule has 0 saturated carbocycles. The first-order valence-electron chi connectivity index (χ1n) is 7.90. The second-order valence-corrected chi connectivity index (χ2v) is 7.65. The second-order valence-electron chi connectivity index (χ2n) is 5.99. The Bertz CT molecular complexity index is 820. The number of rotatable bonds is 2. The van der Waals surface area contributed by atoms with E-state index < -0.39 is 5.60 Å². The Morgan fingerprint density at radius 3 is 2.67 bits per heavy atom. The number of hydrogen-bond donors (Lipinski definition) is 2. The fraction of sp³-hybridized carbons (Fsp3) is 0.278. The Morgan fingerprint density at radius 1 is 1.12 bits per heavy atom. The minimum Gasteiger partial charge on any atom is -0.384 e. The molecule has 2 heterocycles. The smallest absolute Gasteiger partial charge is 0.176 e. The largest absolute Gasteiger partial charge is 0.384 e. The number of fused-ring (bicyclic) bond motifs is 1. The lowest BCUT2D eigenvalue weighted by atomic mass is 9.85. The van der Waals surface area contributed by atoms with Crippen LogP contribution in [0.5, 0.6) is 0 Å². The van der Waals surface area contributed by atoms with Crippen molar-refractivity contribution >= 4 is 40.6 Å². The summed E-state index contributed by atoms with van der Waals surface area (Å²) in [6.45, 7) is 1.91. The lowest BCUT2D eigenvalue weighted by molar-refractivity contribution is 0.159. The highest BCUT2D eigenvalue weighted by molar-refractivity contribution is 7.99. The predicted octanol–water partition coefficient (Wildman–Crippen LogP) is 3.13. The fourth-order valence-corrected chi connectivity index (χ4v) is 4.46. The van der Waals surface area contributed by atoms with Crippen LogP contribution in [0.2, 0.25) is 5.02 Å². The van der Waals surface area contributed by atoms with Crippen molar-refractivity contribution in [2.75, 3.05) is 29.5 Å². The van der Waals surface area contributed by atoms with Crippen LogP contribution in [-0.2, 0) is 5.60 Å². The SMILES string of the molecule is NC1=Nc2ccc(Cl)cc2C1(O)c1ccccc1N1CCSCC1. The topological polar surface area (TPSA) is 61.9 Å². The van der Waals surface area contributed by atoms with E-state index in [1.807, 2.05) is 36.0 Å². The van der Waals surface area contributed by atoms with Gasteiger partial charge in [0, 0.05) is 46.4 Å². The Balaban J connectivity index is 1.88. The molecule has 6 heteroatoms. The zero-order valence-corrected chi connectivity index (χ0v) is 14.6. The van der Waals surface area contributed by atoms with E-state index in [-0.39, 0.29) is 5.84 Å². The molecular formula is C18H18ClN3OS. The van der Waals surface area contributed by atoms with Gasteiger partial charge in [0.05, 0.1) is 5.69 Å². The van der Waals surface area contributed by atoms with Crippen LogP contribution in [0.25, 0.3) is 0 Å². The van der Waals surface area contributed by atoms with Crippen molar-refractivity contribution in [3.8, 4) is 0 Å². The van der Waals surface area contributed by atoms with Crippen molar-refractivity contribution in [1.82, 2.24) is 0 Å². The van der Waals surface area contributed by atoms with E-state index in [0.717, 1.165) is 35.8 Å². The van der Waals surface area contributed by atoms with Gasteiger partial charge < -0.3 is 15.7 Å². The molecule has 1 fully saturated rings. The molecule has 0 aromatic heterocycles. The Hall–Kier alpha value is -1.69. The highest BCUT2D eigenvalue weighted by Crippen LogP contribution is 2.45. The Kier molecular flexibility index (Phi) is 3.95. The number of thioether (sulfide) groups is 1. The van der Waals surface area contributed by atoms with E-state index in [1.165, 1.54) is 0 Å². The number of nitrogens with two attached hydrogens (primary N) is 1. The third-order valence-corrected chi connectivity index (χ3v) is 5.78. The number of benzene rings is 2. The van der Waals surface area contributed by atoms with Crippen LogP contribution in [0.3, 0.4) is 0 Å². The van der Waals surface area contributed by atoms with E-state index in [0.29, 0.717) is 16.3 Å². The standard InChI is InChI=1S/C18H18ClN3OS/c19-12-5-6-15-14(11-12)18(23,17(20)21-15)13-3-1-2-4-16(13)22-7-9-24-10-8-22/h1-6,11,23H,7-10H2,(H2,20,21). The Labute approximate surface area is 150 Å². The van der Waals surface area contributed by atoms with Gasteiger partial charge in [0.2, 0.25) is 0 Å². The molecule has 4 nitrogen and oxygen atoms in total. The fourth-order valence-electron chi connectivity index (χ4n) is 3.39. The minimum atomic E-state index is -1.44. The van der Waals surface area contributed by atoms with Gasteiger partial charge in [-0.15, -0.1) is 0 Å². The molecule has 0 amide bonds. The van der Waals surface area contributed by atoms with Crippen molar-refractivity contribution in [2.45, 2.75) is 5.60 Å². The molecule has 1 unspecified atom stereocenters. The number of aliphatic imine (C=N–C) groups is 1. The summed E-state index contributed by atoms with van der Waals surface area (Å²) in [6.07, 6.45) is 0. The summed E-state index contributed by atoms with van der Waals surface area (Å²) in [5.41, 5.74) is 7.82. The van der Waals surface area contributed by atoms with Crippen LogP contribution in [0, 0.1) is 0 Å².